The Labute approximate surface area is 194 Å². The lowest BCUT2D eigenvalue weighted by atomic mass is 9.84. The van der Waals surface area contributed by atoms with Gasteiger partial charge in [0.15, 0.2) is 5.60 Å². The fraction of sp³-hybridized carbons (Fsp3) is 0.385. The largest absolute Gasteiger partial charge is 0.379 e. The number of aromatic nitrogens is 1. The topological polar surface area (TPSA) is 87.8 Å². The molecule has 2 aliphatic rings. The van der Waals surface area contributed by atoms with Crippen molar-refractivity contribution in [2.24, 2.45) is 0 Å². The number of hydrogen-bond acceptors (Lipinski definition) is 6. The van der Waals surface area contributed by atoms with Crippen LogP contribution in [-0.4, -0.2) is 47.4 Å². The molecule has 1 aromatic carbocycles. The zero-order valence-corrected chi connectivity index (χ0v) is 19.5. The summed E-state index contributed by atoms with van der Waals surface area (Å²) < 4.78 is 10.7. The first-order valence-electron chi connectivity index (χ1n) is 11.3. The summed E-state index contributed by atoms with van der Waals surface area (Å²) in [6.07, 6.45) is 4.49. The van der Waals surface area contributed by atoms with Crippen LogP contribution in [-0.2, 0) is 21.7 Å². The minimum atomic E-state index is -1.82. The third-order valence-corrected chi connectivity index (χ3v) is 6.43. The Kier molecular flexibility index (Phi) is 6.65. The van der Waals surface area contributed by atoms with Crippen molar-refractivity contribution in [3.8, 4) is 0 Å². The van der Waals surface area contributed by atoms with Crippen LogP contribution in [0.4, 0.5) is 0 Å². The van der Waals surface area contributed by atoms with E-state index in [2.05, 4.69) is 28.9 Å². The van der Waals surface area contributed by atoms with E-state index in [-0.39, 0.29) is 0 Å². The van der Waals surface area contributed by atoms with E-state index < -0.39 is 11.5 Å². The average molecular weight is 450 g/mol. The van der Waals surface area contributed by atoms with Crippen molar-refractivity contribution in [2.75, 3.05) is 26.3 Å². The highest BCUT2D eigenvalue weighted by atomic mass is 16.5. The Balaban J connectivity index is 1.65. The lowest BCUT2D eigenvalue weighted by Crippen LogP contribution is -2.39. The van der Waals surface area contributed by atoms with Crippen LogP contribution in [0.2, 0.25) is 0 Å². The van der Waals surface area contributed by atoms with Crippen LogP contribution >= 0.6 is 0 Å². The van der Waals surface area contributed by atoms with Crippen molar-refractivity contribution in [1.29, 1.82) is 0 Å². The Hall–Kier alpha value is -3.00. The van der Waals surface area contributed by atoms with Gasteiger partial charge in [0.25, 0.3) is 5.91 Å². The van der Waals surface area contributed by atoms with Gasteiger partial charge in [-0.2, -0.15) is 0 Å². The normalized spacial score (nSPS) is 23.4. The first-order chi connectivity index (χ1) is 15.9. The SMILES string of the molecule is C=C1C(=CC=C(CC)c2c(C)noc2C)NC(=O)C1(O)c1ccccc1CN1CCOCC1. The van der Waals surface area contributed by atoms with Crippen LogP contribution in [0.25, 0.3) is 5.57 Å². The molecule has 3 heterocycles. The molecule has 0 bridgehead atoms. The van der Waals surface area contributed by atoms with Crippen LogP contribution in [0, 0.1) is 13.8 Å². The number of benzene rings is 1. The minimum absolute atomic E-state index is 0.340. The molecule has 0 aliphatic carbocycles. The third kappa shape index (κ3) is 4.31. The summed E-state index contributed by atoms with van der Waals surface area (Å²) in [4.78, 5) is 15.3. The molecule has 1 unspecified atom stereocenters. The highest BCUT2D eigenvalue weighted by Gasteiger charge is 2.49. The Morgan fingerprint density at radius 2 is 2.03 bits per heavy atom. The van der Waals surface area contributed by atoms with Crippen molar-refractivity contribution < 1.29 is 19.2 Å². The van der Waals surface area contributed by atoms with Crippen molar-refractivity contribution in [3.05, 3.63) is 82.4 Å². The summed E-state index contributed by atoms with van der Waals surface area (Å²) in [5.41, 5.74) is 3.31. The molecule has 0 radical (unpaired) electrons. The fourth-order valence-electron chi connectivity index (χ4n) is 4.56. The Morgan fingerprint density at radius 1 is 1.30 bits per heavy atom. The molecule has 0 spiro atoms. The maximum Gasteiger partial charge on any atom is 0.265 e. The van der Waals surface area contributed by atoms with Crippen LogP contribution in [0.15, 0.2) is 58.8 Å². The summed E-state index contributed by atoms with van der Waals surface area (Å²) in [6.45, 7) is 13.6. The van der Waals surface area contributed by atoms with Crippen molar-refractivity contribution in [2.45, 2.75) is 39.3 Å². The Bertz CT molecular complexity index is 1100. The third-order valence-electron chi connectivity index (χ3n) is 6.43. The van der Waals surface area contributed by atoms with Gasteiger partial charge in [0.05, 0.1) is 18.9 Å². The molecule has 4 rings (SSSR count). The van der Waals surface area contributed by atoms with Crippen molar-refractivity contribution in [3.63, 3.8) is 0 Å². The second kappa shape index (κ2) is 9.47. The number of ether oxygens (including phenoxy) is 1. The van der Waals surface area contributed by atoms with Crippen molar-refractivity contribution >= 4 is 11.5 Å². The van der Waals surface area contributed by atoms with Gasteiger partial charge in [-0.15, -0.1) is 0 Å². The van der Waals surface area contributed by atoms with Crippen LogP contribution in [0.3, 0.4) is 0 Å². The summed E-state index contributed by atoms with van der Waals surface area (Å²) in [5.74, 6) is 0.263. The maximum absolute atomic E-state index is 13.1. The first-order valence-corrected chi connectivity index (χ1v) is 11.3. The zero-order valence-electron chi connectivity index (χ0n) is 19.5. The highest BCUT2D eigenvalue weighted by molar-refractivity contribution is 5.97. The van der Waals surface area contributed by atoms with Gasteiger partial charge in [0.1, 0.15) is 5.76 Å². The molecule has 1 aromatic heterocycles. The van der Waals surface area contributed by atoms with E-state index in [0.717, 1.165) is 47.7 Å². The highest BCUT2D eigenvalue weighted by Crippen LogP contribution is 2.40. The summed E-state index contributed by atoms with van der Waals surface area (Å²) in [7, 11) is 0. The monoisotopic (exact) mass is 449 g/mol. The number of aliphatic hydroxyl groups is 1. The lowest BCUT2D eigenvalue weighted by molar-refractivity contribution is -0.133. The van der Waals surface area contributed by atoms with E-state index in [0.29, 0.717) is 36.6 Å². The van der Waals surface area contributed by atoms with E-state index in [9.17, 15) is 9.90 Å². The summed E-state index contributed by atoms with van der Waals surface area (Å²) >= 11 is 0. The van der Waals surface area contributed by atoms with Gasteiger partial charge in [-0.25, -0.2) is 0 Å². The summed E-state index contributed by atoms with van der Waals surface area (Å²) in [6, 6.07) is 7.53. The molecule has 2 aromatic rings. The van der Waals surface area contributed by atoms with Gasteiger partial charge in [0.2, 0.25) is 0 Å². The van der Waals surface area contributed by atoms with Crippen molar-refractivity contribution in [1.82, 2.24) is 15.4 Å². The Morgan fingerprint density at radius 3 is 2.70 bits per heavy atom. The molecule has 2 saturated heterocycles. The number of nitrogens with zero attached hydrogens (tertiary/aromatic N) is 2. The van der Waals surface area contributed by atoms with E-state index in [1.54, 1.807) is 12.1 Å². The lowest BCUT2D eigenvalue weighted by Gasteiger charge is -2.30. The predicted molar refractivity (Wildman–Crippen MR) is 126 cm³/mol. The standard InChI is InChI=1S/C26H31N3O4/c1-5-20(24-18(3)28-33-19(24)4)10-11-23-17(2)26(31,25(30)27-23)22-9-7-6-8-21(22)16-29-12-14-32-15-13-29/h6-11,31H,2,5,12-16H2,1,3-4H3,(H,27,30). The van der Waals surface area contributed by atoms with Gasteiger partial charge in [-0.05, 0) is 37.5 Å². The number of carbonyl (C=O) groups is 1. The molecule has 0 saturated carbocycles. The number of morpholine rings is 1. The molecule has 2 fully saturated rings. The van der Waals surface area contributed by atoms with Gasteiger partial charge in [-0.3, -0.25) is 9.69 Å². The minimum Gasteiger partial charge on any atom is -0.379 e. The van der Waals surface area contributed by atoms with E-state index >= 15 is 0 Å². The average Bonchev–Trinajstić information content (AvgIpc) is 3.27. The quantitative estimate of drug-likeness (QED) is 0.703. The number of nitrogens with one attached hydrogen (secondary N) is 1. The molecular formula is C26H31N3O4. The summed E-state index contributed by atoms with van der Waals surface area (Å²) in [5, 5.41) is 18.5. The number of rotatable bonds is 6. The number of amides is 1. The van der Waals surface area contributed by atoms with E-state index in [1.807, 2.05) is 38.1 Å². The molecule has 33 heavy (non-hydrogen) atoms. The smallest absolute Gasteiger partial charge is 0.265 e. The molecule has 174 valence electrons. The van der Waals surface area contributed by atoms with Gasteiger partial charge < -0.3 is 19.7 Å². The van der Waals surface area contributed by atoms with Crippen LogP contribution in [0.1, 0.15) is 41.5 Å². The van der Waals surface area contributed by atoms with E-state index in [4.69, 9.17) is 9.26 Å². The molecule has 1 atom stereocenters. The second-order valence-corrected chi connectivity index (χ2v) is 8.51. The molecule has 1 amide bonds. The molecule has 2 N–H and O–H groups in total. The number of hydrogen-bond donors (Lipinski definition) is 2. The number of allylic oxidation sites excluding steroid dienone is 3. The molecule has 7 heteroatoms. The molecular weight excluding hydrogens is 418 g/mol. The fourth-order valence-corrected chi connectivity index (χ4v) is 4.56. The van der Waals surface area contributed by atoms with E-state index in [1.165, 1.54) is 0 Å². The van der Waals surface area contributed by atoms with Crippen LogP contribution in [0.5, 0.6) is 0 Å². The predicted octanol–water partition coefficient (Wildman–Crippen LogP) is 3.37. The maximum atomic E-state index is 13.1. The van der Waals surface area contributed by atoms with Crippen LogP contribution < -0.4 is 5.32 Å². The van der Waals surface area contributed by atoms with Gasteiger partial charge >= 0.3 is 0 Å². The number of carbonyl (C=O) groups excluding carboxylic acids is 1. The van der Waals surface area contributed by atoms with Gasteiger partial charge in [0, 0.05) is 42.0 Å². The zero-order chi connectivity index (χ0) is 23.6. The first kappa shape index (κ1) is 23.2. The second-order valence-electron chi connectivity index (χ2n) is 8.51. The molecule has 2 aliphatic heterocycles. The molecule has 7 nitrogen and oxygen atoms in total. The number of aryl methyl sites for hydroxylation is 2. The van der Waals surface area contributed by atoms with Gasteiger partial charge in [-0.1, -0.05) is 49.0 Å².